The molecule has 102 valence electrons. The van der Waals surface area contributed by atoms with Crippen molar-refractivity contribution in [3.05, 3.63) is 59.9 Å². The van der Waals surface area contributed by atoms with Crippen LogP contribution < -0.4 is 15.8 Å². The van der Waals surface area contributed by atoms with Gasteiger partial charge in [0, 0.05) is 5.56 Å². The van der Waals surface area contributed by atoms with Crippen molar-refractivity contribution in [1.29, 1.82) is 0 Å². The number of thiocarbonyl (C=S) groups is 1. The number of ether oxygens (including phenoxy) is 1. The van der Waals surface area contributed by atoms with Gasteiger partial charge < -0.3 is 10.5 Å². The van der Waals surface area contributed by atoms with Gasteiger partial charge in [-0.05, 0) is 30.3 Å². The zero-order chi connectivity index (χ0) is 14.5. The number of rotatable bonds is 3. The zero-order valence-corrected chi connectivity index (χ0v) is 11.1. The molecule has 0 saturated carbocycles. The van der Waals surface area contributed by atoms with Gasteiger partial charge in [-0.1, -0.05) is 30.4 Å². The van der Waals surface area contributed by atoms with Crippen molar-refractivity contribution < 1.29 is 13.9 Å². The van der Waals surface area contributed by atoms with Gasteiger partial charge in [-0.2, -0.15) is 0 Å². The lowest BCUT2D eigenvalue weighted by Crippen LogP contribution is -2.20. The number of carbonyl (C=O) groups is 1. The van der Waals surface area contributed by atoms with Crippen LogP contribution in [0.15, 0.2) is 48.5 Å². The third-order valence-electron chi connectivity index (χ3n) is 2.44. The van der Waals surface area contributed by atoms with Crippen LogP contribution in [0.4, 0.5) is 14.9 Å². The molecule has 1 amide bonds. The van der Waals surface area contributed by atoms with Gasteiger partial charge in [0.1, 0.15) is 16.6 Å². The summed E-state index contributed by atoms with van der Waals surface area (Å²) in [4.78, 5) is 11.7. The first-order chi connectivity index (χ1) is 9.56. The van der Waals surface area contributed by atoms with Gasteiger partial charge in [0.15, 0.2) is 0 Å². The van der Waals surface area contributed by atoms with Crippen LogP contribution in [0.2, 0.25) is 0 Å². The molecule has 0 atom stereocenters. The maximum absolute atomic E-state index is 13.1. The molecule has 20 heavy (non-hydrogen) atoms. The van der Waals surface area contributed by atoms with Gasteiger partial charge in [0.2, 0.25) is 0 Å². The normalized spacial score (nSPS) is 9.85. The predicted molar refractivity (Wildman–Crippen MR) is 78.4 cm³/mol. The molecule has 4 nitrogen and oxygen atoms in total. The monoisotopic (exact) mass is 290 g/mol. The van der Waals surface area contributed by atoms with Crippen molar-refractivity contribution in [3.8, 4) is 5.75 Å². The summed E-state index contributed by atoms with van der Waals surface area (Å²) in [7, 11) is 0. The molecule has 0 unspecified atom stereocenters. The summed E-state index contributed by atoms with van der Waals surface area (Å²) in [5.41, 5.74) is 6.02. The van der Waals surface area contributed by atoms with Crippen molar-refractivity contribution in [2.45, 2.75) is 0 Å². The van der Waals surface area contributed by atoms with Crippen molar-refractivity contribution >= 4 is 29.0 Å². The van der Waals surface area contributed by atoms with Crippen LogP contribution >= 0.6 is 12.2 Å². The number of amides is 1. The van der Waals surface area contributed by atoms with Crippen LogP contribution in [-0.4, -0.2) is 11.1 Å². The van der Waals surface area contributed by atoms with Crippen molar-refractivity contribution in [3.63, 3.8) is 0 Å². The first-order valence-corrected chi connectivity index (χ1v) is 6.10. The summed E-state index contributed by atoms with van der Waals surface area (Å²) in [5, 5.41) is 2.47. The molecule has 6 heteroatoms. The standard InChI is InChI=1S/C14H11FN2O2S/c15-9-6-7-12(11(8-9)13(16)20)17-14(18)19-10-4-2-1-3-5-10/h1-8H,(H2,16,20)(H,17,18). The summed E-state index contributed by atoms with van der Waals surface area (Å²) in [6.45, 7) is 0. The average molecular weight is 290 g/mol. The van der Waals surface area contributed by atoms with Crippen molar-refractivity contribution in [1.82, 2.24) is 0 Å². The summed E-state index contributed by atoms with van der Waals surface area (Å²) in [5.74, 6) is -0.0984. The Morgan fingerprint density at radius 1 is 1.20 bits per heavy atom. The van der Waals surface area contributed by atoms with E-state index in [0.717, 1.165) is 6.07 Å². The molecule has 0 saturated heterocycles. The fourth-order valence-corrected chi connectivity index (χ4v) is 1.73. The molecule has 2 aromatic rings. The van der Waals surface area contributed by atoms with E-state index in [-0.39, 0.29) is 10.6 Å². The minimum Gasteiger partial charge on any atom is -0.410 e. The van der Waals surface area contributed by atoms with E-state index in [1.807, 2.05) is 0 Å². The third kappa shape index (κ3) is 3.52. The van der Waals surface area contributed by atoms with Crippen LogP contribution in [-0.2, 0) is 0 Å². The van der Waals surface area contributed by atoms with Gasteiger partial charge in [0.05, 0.1) is 5.69 Å². The Kier molecular flexibility index (Phi) is 4.27. The summed E-state index contributed by atoms with van der Waals surface area (Å²) in [6, 6.07) is 12.3. The molecule has 0 aliphatic carbocycles. The van der Waals surface area contributed by atoms with E-state index in [1.54, 1.807) is 30.3 Å². The van der Waals surface area contributed by atoms with Gasteiger partial charge in [-0.3, -0.25) is 5.32 Å². The Morgan fingerprint density at radius 3 is 2.55 bits per heavy atom. The van der Waals surface area contributed by atoms with Crippen LogP contribution in [0.25, 0.3) is 0 Å². The number of hydrogen-bond donors (Lipinski definition) is 2. The topological polar surface area (TPSA) is 64.3 Å². The Labute approximate surface area is 120 Å². The number of benzene rings is 2. The molecule has 2 rings (SSSR count). The van der Waals surface area contributed by atoms with E-state index in [1.165, 1.54) is 12.1 Å². The molecular formula is C14H11FN2O2S. The second-order valence-corrected chi connectivity index (χ2v) is 4.32. The maximum Gasteiger partial charge on any atom is 0.417 e. The lowest BCUT2D eigenvalue weighted by Gasteiger charge is -2.10. The Hall–Kier alpha value is -2.47. The molecule has 0 heterocycles. The molecule has 0 aromatic heterocycles. The van der Waals surface area contributed by atoms with Gasteiger partial charge in [0.25, 0.3) is 0 Å². The number of hydrogen-bond acceptors (Lipinski definition) is 3. The van der Waals surface area contributed by atoms with Gasteiger partial charge in [-0.25, -0.2) is 9.18 Å². The number of halogens is 1. The predicted octanol–water partition coefficient (Wildman–Crippen LogP) is 3.07. The first-order valence-electron chi connectivity index (χ1n) is 5.69. The smallest absolute Gasteiger partial charge is 0.410 e. The molecule has 0 radical (unpaired) electrons. The lowest BCUT2D eigenvalue weighted by molar-refractivity contribution is 0.215. The summed E-state index contributed by atoms with van der Waals surface area (Å²) in [6.07, 6.45) is -0.708. The Bertz CT molecular complexity index is 647. The highest BCUT2D eigenvalue weighted by atomic mass is 32.1. The highest BCUT2D eigenvalue weighted by molar-refractivity contribution is 7.80. The molecule has 0 fully saturated rings. The number of anilines is 1. The van der Waals surface area contributed by atoms with Gasteiger partial charge in [-0.15, -0.1) is 0 Å². The van der Waals surface area contributed by atoms with E-state index in [4.69, 9.17) is 22.7 Å². The molecular weight excluding hydrogens is 279 g/mol. The number of para-hydroxylation sites is 1. The Balaban J connectivity index is 2.14. The fraction of sp³-hybridized carbons (Fsp3) is 0. The van der Waals surface area contributed by atoms with Gasteiger partial charge >= 0.3 is 6.09 Å². The summed E-state index contributed by atoms with van der Waals surface area (Å²) >= 11 is 4.81. The third-order valence-corrected chi connectivity index (χ3v) is 2.66. The van der Waals surface area contributed by atoms with E-state index in [0.29, 0.717) is 11.4 Å². The largest absolute Gasteiger partial charge is 0.417 e. The molecule has 0 spiro atoms. The lowest BCUT2D eigenvalue weighted by atomic mass is 10.1. The number of nitrogens with one attached hydrogen (secondary N) is 1. The van der Waals surface area contributed by atoms with Crippen LogP contribution in [0.3, 0.4) is 0 Å². The van der Waals surface area contributed by atoms with Crippen LogP contribution in [0.5, 0.6) is 5.75 Å². The second kappa shape index (κ2) is 6.12. The number of carbonyl (C=O) groups excluding carboxylic acids is 1. The number of nitrogens with two attached hydrogens (primary N) is 1. The maximum atomic E-state index is 13.1. The molecule has 0 aliphatic rings. The molecule has 0 aliphatic heterocycles. The molecule has 3 N–H and O–H groups in total. The summed E-state index contributed by atoms with van der Waals surface area (Å²) < 4.78 is 18.2. The SMILES string of the molecule is NC(=S)c1cc(F)ccc1NC(=O)Oc1ccccc1. The first kappa shape index (κ1) is 14.0. The van der Waals surface area contributed by atoms with Crippen molar-refractivity contribution in [2.24, 2.45) is 5.73 Å². The zero-order valence-electron chi connectivity index (χ0n) is 10.3. The minimum absolute atomic E-state index is 0.0143. The average Bonchev–Trinajstić information content (AvgIpc) is 2.41. The van der Waals surface area contributed by atoms with Crippen molar-refractivity contribution in [2.75, 3.05) is 5.32 Å². The molecule has 2 aromatic carbocycles. The quantitative estimate of drug-likeness (QED) is 0.853. The Morgan fingerprint density at radius 2 is 1.90 bits per heavy atom. The van der Waals surface area contributed by atoms with Crippen LogP contribution in [0, 0.1) is 5.82 Å². The van der Waals surface area contributed by atoms with E-state index >= 15 is 0 Å². The fourth-order valence-electron chi connectivity index (χ4n) is 1.56. The highest BCUT2D eigenvalue weighted by Crippen LogP contribution is 2.18. The van der Waals surface area contributed by atoms with E-state index in [2.05, 4.69) is 5.32 Å². The minimum atomic E-state index is -0.708. The van der Waals surface area contributed by atoms with E-state index in [9.17, 15) is 9.18 Å². The van der Waals surface area contributed by atoms with E-state index < -0.39 is 11.9 Å². The van der Waals surface area contributed by atoms with Crippen LogP contribution in [0.1, 0.15) is 5.56 Å². The molecule has 0 bridgehead atoms. The highest BCUT2D eigenvalue weighted by Gasteiger charge is 2.11. The second-order valence-electron chi connectivity index (χ2n) is 3.88.